The molecule has 0 aliphatic heterocycles. The van der Waals surface area contributed by atoms with Crippen molar-refractivity contribution >= 4 is 40.6 Å². The molecule has 212 valence electrons. The third kappa shape index (κ3) is 8.55. The van der Waals surface area contributed by atoms with E-state index in [4.69, 9.17) is 16.6 Å². The Kier molecular flexibility index (Phi) is 10.7. The van der Waals surface area contributed by atoms with Gasteiger partial charge < -0.3 is 15.0 Å². The maximum Gasteiger partial charge on any atom is 1.00 e. The van der Waals surface area contributed by atoms with E-state index in [0.29, 0.717) is 5.02 Å². The number of carbonyl (C=O) groups excluding carboxylic acids is 1. The number of carbonyl (C=O) groups is 1. The summed E-state index contributed by atoms with van der Waals surface area (Å²) in [6.45, 7) is 3.66. The number of halogens is 1. The average Bonchev–Trinajstić information content (AvgIpc) is 3.70. The van der Waals surface area contributed by atoms with Gasteiger partial charge in [-0.05, 0) is 117 Å². The molecular formula is C36H37ClNNaO3. The van der Waals surface area contributed by atoms with E-state index in [1.165, 1.54) is 5.56 Å². The first-order valence-electron chi connectivity index (χ1n) is 14.5. The Labute approximate surface area is 276 Å². The molecule has 3 aromatic carbocycles. The SMILES string of the molecule is CC(C)(O)c1ccccc1CC[C@@H](CCC1(CC(=O)[O-])CC1)c1cccc(/C=C/c2ccc3ccc(Cl)cc3n2)c1.[Na+]. The summed E-state index contributed by atoms with van der Waals surface area (Å²) < 4.78 is 0. The number of carboxylic acids is 1. The number of carboxylic acid groups (broad SMARTS) is 1. The molecule has 1 saturated carbocycles. The maximum absolute atomic E-state index is 11.4. The zero-order valence-corrected chi connectivity index (χ0v) is 27.5. The van der Waals surface area contributed by atoms with Gasteiger partial charge in [0.25, 0.3) is 0 Å². The molecule has 1 N–H and O–H groups in total. The standard InChI is InChI=1S/C36H38ClNO3.Na/c1-35(2,41)32-9-4-3-7-27(32)12-11-26(18-19-36(20-21-36)24-34(39)40)29-8-5-6-25(22-29)10-16-31-17-14-28-13-15-30(37)23-33(28)38-31;/h3-10,13-17,22-23,26,41H,11-12,18-21,24H2,1-2H3,(H,39,40);/q;+1/p-1/b16-10+;/t26-;/m0./s1. The van der Waals surface area contributed by atoms with Crippen molar-refractivity contribution in [2.75, 3.05) is 0 Å². The minimum atomic E-state index is -0.949. The number of aromatic nitrogens is 1. The Bertz CT molecular complexity index is 1570. The molecule has 0 amide bonds. The van der Waals surface area contributed by atoms with E-state index in [1.807, 2.05) is 62.4 Å². The van der Waals surface area contributed by atoms with Gasteiger partial charge in [0.2, 0.25) is 0 Å². The third-order valence-electron chi connectivity index (χ3n) is 8.44. The third-order valence-corrected chi connectivity index (χ3v) is 8.68. The summed E-state index contributed by atoms with van der Waals surface area (Å²) in [6.07, 6.45) is 9.71. The summed E-state index contributed by atoms with van der Waals surface area (Å²) in [4.78, 5) is 16.1. The van der Waals surface area contributed by atoms with Gasteiger partial charge in [0.1, 0.15) is 0 Å². The maximum atomic E-state index is 11.4. The summed E-state index contributed by atoms with van der Waals surface area (Å²) in [5, 5.41) is 23.8. The number of rotatable bonds is 12. The quantitative estimate of drug-likeness (QED) is 0.243. The van der Waals surface area contributed by atoms with Crippen molar-refractivity contribution in [2.45, 2.75) is 70.3 Å². The molecule has 0 bridgehead atoms. The van der Waals surface area contributed by atoms with Crippen molar-refractivity contribution in [3.8, 4) is 0 Å². The minimum absolute atomic E-state index is 0. The fraction of sp³-hybridized carbons (Fsp3) is 0.333. The van der Waals surface area contributed by atoms with Crippen LogP contribution in [0.3, 0.4) is 0 Å². The second-order valence-electron chi connectivity index (χ2n) is 12.1. The monoisotopic (exact) mass is 589 g/mol. The Morgan fingerprint density at radius 3 is 2.52 bits per heavy atom. The topological polar surface area (TPSA) is 73.2 Å². The van der Waals surface area contributed by atoms with Gasteiger partial charge in [-0.25, -0.2) is 4.98 Å². The van der Waals surface area contributed by atoms with E-state index in [1.54, 1.807) is 0 Å². The molecule has 1 aromatic heterocycles. The summed E-state index contributed by atoms with van der Waals surface area (Å²) in [7, 11) is 0. The number of hydrogen-bond acceptors (Lipinski definition) is 4. The van der Waals surface area contributed by atoms with Crippen LogP contribution in [0.4, 0.5) is 0 Å². The van der Waals surface area contributed by atoms with E-state index in [2.05, 4.69) is 42.5 Å². The van der Waals surface area contributed by atoms with Gasteiger partial charge in [0, 0.05) is 16.4 Å². The molecule has 5 rings (SSSR count). The van der Waals surface area contributed by atoms with Gasteiger partial charge in [-0.3, -0.25) is 0 Å². The molecule has 0 spiro atoms. The Morgan fingerprint density at radius 2 is 1.79 bits per heavy atom. The summed E-state index contributed by atoms with van der Waals surface area (Å²) >= 11 is 6.17. The molecule has 4 nitrogen and oxygen atoms in total. The Hall–Kier alpha value is -2.47. The molecule has 6 heteroatoms. The van der Waals surface area contributed by atoms with Crippen molar-refractivity contribution in [3.63, 3.8) is 0 Å². The van der Waals surface area contributed by atoms with Crippen LogP contribution in [0.25, 0.3) is 23.1 Å². The molecule has 1 aliphatic carbocycles. The number of nitrogens with zero attached hydrogens (tertiary/aromatic N) is 1. The molecule has 0 unspecified atom stereocenters. The van der Waals surface area contributed by atoms with E-state index >= 15 is 0 Å². The summed E-state index contributed by atoms with van der Waals surface area (Å²) in [6, 6.07) is 26.5. The van der Waals surface area contributed by atoms with Crippen molar-refractivity contribution < 1.29 is 44.6 Å². The summed E-state index contributed by atoms with van der Waals surface area (Å²) in [5.41, 5.74) is 5.15. The fourth-order valence-corrected chi connectivity index (χ4v) is 6.08. The number of pyridine rings is 1. The van der Waals surface area contributed by atoms with Crippen molar-refractivity contribution in [1.29, 1.82) is 0 Å². The van der Waals surface area contributed by atoms with Gasteiger partial charge in [-0.15, -0.1) is 0 Å². The van der Waals surface area contributed by atoms with Crippen LogP contribution in [0.1, 0.15) is 86.2 Å². The first kappa shape index (κ1) is 32.4. The average molecular weight is 590 g/mol. The van der Waals surface area contributed by atoms with Gasteiger partial charge in [0.05, 0.1) is 16.8 Å². The molecule has 1 aliphatic rings. The van der Waals surface area contributed by atoms with Gasteiger partial charge in [-0.2, -0.15) is 0 Å². The molecule has 1 fully saturated rings. The first-order chi connectivity index (χ1) is 19.6. The second-order valence-corrected chi connectivity index (χ2v) is 12.6. The molecule has 42 heavy (non-hydrogen) atoms. The Balaban J connectivity index is 0.00000405. The number of fused-ring (bicyclic) bond motifs is 1. The number of benzene rings is 3. The zero-order valence-electron chi connectivity index (χ0n) is 24.8. The van der Waals surface area contributed by atoms with Crippen LogP contribution in [-0.2, 0) is 16.8 Å². The number of aliphatic carboxylic acids is 1. The van der Waals surface area contributed by atoms with Crippen molar-refractivity contribution in [3.05, 3.63) is 112 Å². The minimum Gasteiger partial charge on any atom is -0.550 e. The van der Waals surface area contributed by atoms with E-state index in [-0.39, 0.29) is 47.3 Å². The van der Waals surface area contributed by atoms with Crippen LogP contribution in [0, 0.1) is 5.41 Å². The number of aliphatic hydroxyl groups is 1. The van der Waals surface area contributed by atoms with E-state index in [0.717, 1.165) is 71.8 Å². The van der Waals surface area contributed by atoms with Crippen LogP contribution in [0.2, 0.25) is 5.02 Å². The normalized spacial score (nSPS) is 15.0. The van der Waals surface area contributed by atoms with Crippen LogP contribution < -0.4 is 34.7 Å². The van der Waals surface area contributed by atoms with Gasteiger partial charge in [-0.1, -0.05) is 78.3 Å². The molecule has 1 heterocycles. The van der Waals surface area contributed by atoms with Gasteiger partial charge in [0.15, 0.2) is 0 Å². The molecule has 1 atom stereocenters. The smallest absolute Gasteiger partial charge is 0.550 e. The number of hydrogen-bond donors (Lipinski definition) is 1. The summed E-state index contributed by atoms with van der Waals surface area (Å²) in [5.74, 6) is -0.687. The predicted molar refractivity (Wildman–Crippen MR) is 165 cm³/mol. The Morgan fingerprint density at radius 1 is 1.02 bits per heavy atom. The molecule has 4 aromatic rings. The zero-order chi connectivity index (χ0) is 29.0. The molecule has 0 radical (unpaired) electrons. The number of aryl methyl sites for hydroxylation is 1. The predicted octanol–water partition coefficient (Wildman–Crippen LogP) is 4.71. The van der Waals surface area contributed by atoms with E-state index < -0.39 is 11.6 Å². The van der Waals surface area contributed by atoms with Gasteiger partial charge >= 0.3 is 29.6 Å². The largest absolute Gasteiger partial charge is 1.00 e. The second kappa shape index (κ2) is 13.9. The van der Waals surface area contributed by atoms with Crippen LogP contribution in [0.5, 0.6) is 0 Å². The van der Waals surface area contributed by atoms with Crippen LogP contribution in [0.15, 0.2) is 78.9 Å². The van der Waals surface area contributed by atoms with Crippen LogP contribution in [-0.4, -0.2) is 16.1 Å². The van der Waals surface area contributed by atoms with Crippen molar-refractivity contribution in [2.24, 2.45) is 5.41 Å². The van der Waals surface area contributed by atoms with Crippen molar-refractivity contribution in [1.82, 2.24) is 4.98 Å². The molecular weight excluding hydrogens is 553 g/mol. The van der Waals surface area contributed by atoms with E-state index in [9.17, 15) is 15.0 Å². The fourth-order valence-electron chi connectivity index (χ4n) is 5.92. The van der Waals surface area contributed by atoms with Crippen LogP contribution >= 0.6 is 11.6 Å². The first-order valence-corrected chi connectivity index (χ1v) is 14.8. The molecule has 0 saturated heterocycles.